The predicted molar refractivity (Wildman–Crippen MR) is 123 cm³/mol. The Kier molecular flexibility index (Phi) is 5.67. The molecule has 0 aromatic carbocycles. The van der Waals surface area contributed by atoms with Gasteiger partial charge in [0.15, 0.2) is 0 Å². The first-order valence-electron chi connectivity index (χ1n) is 12.6. The Hall–Kier alpha value is -0.850. The smallest absolute Gasteiger partial charge is 0.133 e. The van der Waals surface area contributed by atoms with E-state index in [1.165, 1.54) is 25.7 Å². The lowest BCUT2D eigenvalue weighted by Gasteiger charge is -2.57. The van der Waals surface area contributed by atoms with Gasteiger partial charge >= 0.3 is 0 Å². The first-order valence-corrected chi connectivity index (χ1v) is 12.6. The molecule has 4 aliphatic carbocycles. The van der Waals surface area contributed by atoms with Gasteiger partial charge in [-0.05, 0) is 90.8 Å². The molecule has 4 rings (SSSR count). The van der Waals surface area contributed by atoms with Crippen LogP contribution in [0.25, 0.3) is 0 Å². The topological polar surface area (TPSA) is 17.1 Å². The van der Waals surface area contributed by atoms with Gasteiger partial charge in [-0.1, -0.05) is 65.3 Å². The molecule has 29 heavy (non-hydrogen) atoms. The van der Waals surface area contributed by atoms with Crippen LogP contribution in [0.15, 0.2) is 23.8 Å². The summed E-state index contributed by atoms with van der Waals surface area (Å²) in [5.74, 6) is 5.57. The molecule has 0 heterocycles. The highest BCUT2D eigenvalue weighted by molar-refractivity contribution is 5.79. The van der Waals surface area contributed by atoms with Crippen molar-refractivity contribution in [1.82, 2.24) is 0 Å². The van der Waals surface area contributed by atoms with Crippen LogP contribution in [0.5, 0.6) is 0 Å². The third kappa shape index (κ3) is 3.49. The van der Waals surface area contributed by atoms with Crippen molar-refractivity contribution in [3.63, 3.8) is 0 Å². The van der Waals surface area contributed by atoms with Crippen LogP contribution in [0.4, 0.5) is 0 Å². The molecule has 1 heteroatoms. The fourth-order valence-electron chi connectivity index (χ4n) is 7.91. The summed E-state index contributed by atoms with van der Waals surface area (Å²) in [6, 6.07) is 0. The molecule has 0 N–H and O–H groups in total. The zero-order chi connectivity index (χ0) is 21.0. The van der Waals surface area contributed by atoms with E-state index in [4.69, 9.17) is 0 Å². The zero-order valence-corrected chi connectivity index (χ0v) is 19.8. The Bertz CT molecular complexity index is 699. The summed E-state index contributed by atoms with van der Waals surface area (Å²) in [4.78, 5) is 12.1. The lowest BCUT2D eigenvalue weighted by atomic mass is 9.48. The Labute approximate surface area is 179 Å². The minimum Gasteiger partial charge on any atom is -0.300 e. The van der Waals surface area contributed by atoms with Crippen molar-refractivity contribution in [1.29, 1.82) is 0 Å². The summed E-state index contributed by atoms with van der Waals surface area (Å²) in [5, 5.41) is 0. The maximum absolute atomic E-state index is 12.1. The maximum Gasteiger partial charge on any atom is 0.133 e. The zero-order valence-electron chi connectivity index (χ0n) is 19.8. The van der Waals surface area contributed by atoms with Gasteiger partial charge in [0.25, 0.3) is 0 Å². The van der Waals surface area contributed by atoms with Crippen molar-refractivity contribution < 1.29 is 4.79 Å². The summed E-state index contributed by atoms with van der Waals surface area (Å²) in [7, 11) is 0. The monoisotopic (exact) mass is 396 g/mol. The molecule has 0 spiro atoms. The third-order valence-electron chi connectivity index (χ3n) is 10.4. The van der Waals surface area contributed by atoms with E-state index in [0.29, 0.717) is 34.4 Å². The molecule has 0 aromatic rings. The molecule has 162 valence electrons. The molecule has 4 aliphatic rings. The van der Waals surface area contributed by atoms with Crippen LogP contribution in [0, 0.1) is 52.3 Å². The standard InChI is InChI=1S/C28H44O/c1-18(2)19(3)7-8-20(4)24-11-12-25-23-10-9-21-17-22(29)13-15-27(21,5)26(23)14-16-28(24,25)6/h7-8,10,18-21,24-26H,9,11-17H2,1-6H3/b8-7+/t19-,20+,21+,24-,25+,26+,27-,28-/m0/s1. The van der Waals surface area contributed by atoms with Gasteiger partial charge < -0.3 is 0 Å². The lowest BCUT2D eigenvalue weighted by Crippen LogP contribution is -2.49. The second kappa shape index (κ2) is 7.69. The molecule has 8 atom stereocenters. The van der Waals surface area contributed by atoms with E-state index >= 15 is 0 Å². The highest BCUT2D eigenvalue weighted by Crippen LogP contribution is 2.66. The maximum atomic E-state index is 12.1. The van der Waals surface area contributed by atoms with Crippen molar-refractivity contribution in [2.45, 2.75) is 92.9 Å². The largest absolute Gasteiger partial charge is 0.300 e. The number of fused-ring (bicyclic) bond motifs is 5. The summed E-state index contributed by atoms with van der Waals surface area (Å²) in [6.07, 6.45) is 17.2. The van der Waals surface area contributed by atoms with Crippen molar-refractivity contribution in [2.75, 3.05) is 0 Å². The highest BCUT2D eigenvalue weighted by atomic mass is 16.1. The summed E-state index contributed by atoms with van der Waals surface area (Å²) in [5.41, 5.74) is 2.68. The first-order chi connectivity index (χ1) is 13.7. The Morgan fingerprint density at radius 3 is 2.41 bits per heavy atom. The SMILES string of the molecule is CC(C)[C@@H](C)/C=C/[C@@H](C)[C@@H]1CC[C@@H]2C3=CC[C@@H]4CC(=O)CC[C@]4(C)[C@@H]3CC[C@]21C. The van der Waals surface area contributed by atoms with Gasteiger partial charge in [-0.2, -0.15) is 0 Å². The van der Waals surface area contributed by atoms with E-state index in [9.17, 15) is 4.79 Å². The molecule has 0 aliphatic heterocycles. The van der Waals surface area contributed by atoms with E-state index in [2.05, 4.69) is 59.8 Å². The fraction of sp³-hybridized carbons (Fsp3) is 0.821. The summed E-state index contributed by atoms with van der Waals surface area (Å²) < 4.78 is 0. The number of hydrogen-bond donors (Lipinski definition) is 0. The average molecular weight is 397 g/mol. The van der Waals surface area contributed by atoms with Gasteiger partial charge in [0, 0.05) is 12.8 Å². The Balaban J connectivity index is 1.55. The van der Waals surface area contributed by atoms with E-state index in [1.54, 1.807) is 0 Å². The van der Waals surface area contributed by atoms with Crippen LogP contribution < -0.4 is 0 Å². The van der Waals surface area contributed by atoms with Crippen molar-refractivity contribution in [2.24, 2.45) is 52.3 Å². The molecular weight excluding hydrogens is 352 g/mol. The van der Waals surface area contributed by atoms with Crippen LogP contribution in [-0.4, -0.2) is 5.78 Å². The molecule has 0 saturated heterocycles. The van der Waals surface area contributed by atoms with E-state index < -0.39 is 0 Å². The number of allylic oxidation sites excluding steroid dienone is 4. The molecular formula is C28H44O. The minimum absolute atomic E-state index is 0.385. The van der Waals surface area contributed by atoms with E-state index in [-0.39, 0.29) is 0 Å². The van der Waals surface area contributed by atoms with Gasteiger partial charge in [0.1, 0.15) is 5.78 Å². The number of carbonyl (C=O) groups is 1. The van der Waals surface area contributed by atoms with Crippen molar-refractivity contribution >= 4 is 5.78 Å². The van der Waals surface area contributed by atoms with E-state index in [1.807, 2.05) is 5.57 Å². The van der Waals surface area contributed by atoms with Crippen LogP contribution in [-0.2, 0) is 4.79 Å². The van der Waals surface area contributed by atoms with Crippen LogP contribution in [0.2, 0.25) is 0 Å². The number of Topliss-reactive ketones (excluding diaryl/α,β-unsaturated/α-hetero) is 1. The van der Waals surface area contributed by atoms with E-state index in [0.717, 1.165) is 49.4 Å². The molecule has 3 fully saturated rings. The second-order valence-electron chi connectivity index (χ2n) is 12.1. The van der Waals surface area contributed by atoms with Crippen molar-refractivity contribution in [3.8, 4) is 0 Å². The minimum atomic E-state index is 0.385. The fourth-order valence-corrected chi connectivity index (χ4v) is 7.91. The molecule has 0 aromatic heterocycles. The van der Waals surface area contributed by atoms with Crippen LogP contribution >= 0.6 is 0 Å². The van der Waals surface area contributed by atoms with Gasteiger partial charge in [-0.3, -0.25) is 4.79 Å². The lowest BCUT2D eigenvalue weighted by molar-refractivity contribution is -0.127. The average Bonchev–Trinajstić information content (AvgIpc) is 3.03. The first kappa shape index (κ1) is 21.4. The highest BCUT2D eigenvalue weighted by Gasteiger charge is 2.57. The quantitative estimate of drug-likeness (QED) is 0.447. The predicted octanol–water partition coefficient (Wildman–Crippen LogP) is 7.62. The van der Waals surface area contributed by atoms with Crippen LogP contribution in [0.3, 0.4) is 0 Å². The van der Waals surface area contributed by atoms with Gasteiger partial charge in [-0.15, -0.1) is 0 Å². The summed E-state index contributed by atoms with van der Waals surface area (Å²) >= 11 is 0. The number of carbonyl (C=O) groups excluding carboxylic acids is 1. The summed E-state index contributed by atoms with van der Waals surface area (Å²) in [6.45, 7) is 14.7. The molecule has 0 bridgehead atoms. The number of rotatable bonds is 4. The third-order valence-corrected chi connectivity index (χ3v) is 10.4. The van der Waals surface area contributed by atoms with Gasteiger partial charge in [0.2, 0.25) is 0 Å². The molecule has 0 unspecified atom stereocenters. The van der Waals surface area contributed by atoms with Gasteiger partial charge in [0.05, 0.1) is 0 Å². The Morgan fingerprint density at radius 2 is 1.69 bits per heavy atom. The second-order valence-corrected chi connectivity index (χ2v) is 12.1. The van der Waals surface area contributed by atoms with Gasteiger partial charge in [-0.25, -0.2) is 0 Å². The number of hydrogen-bond acceptors (Lipinski definition) is 1. The normalized spacial score (nSPS) is 44.2. The number of ketones is 1. The van der Waals surface area contributed by atoms with Crippen LogP contribution in [0.1, 0.15) is 92.9 Å². The molecule has 0 amide bonds. The molecule has 3 saturated carbocycles. The molecule has 1 nitrogen and oxygen atoms in total. The van der Waals surface area contributed by atoms with Crippen molar-refractivity contribution in [3.05, 3.63) is 23.8 Å². The molecule has 0 radical (unpaired) electrons. The Morgan fingerprint density at radius 1 is 0.966 bits per heavy atom.